The van der Waals surface area contributed by atoms with E-state index in [0.29, 0.717) is 35.2 Å². The molecule has 4 heteroatoms. The summed E-state index contributed by atoms with van der Waals surface area (Å²) >= 11 is 0. The average Bonchev–Trinajstić information content (AvgIpc) is 3.03. The fourth-order valence-corrected chi connectivity index (χ4v) is 8.75. The van der Waals surface area contributed by atoms with E-state index in [1.165, 1.54) is 19.3 Å². The quantitative estimate of drug-likeness (QED) is 0.604. The molecule has 1 amide bonds. The topological polar surface area (TPSA) is 57.6 Å². The van der Waals surface area contributed by atoms with Crippen molar-refractivity contribution in [2.24, 2.45) is 40.4 Å². The summed E-state index contributed by atoms with van der Waals surface area (Å²) in [6, 6.07) is 0.497. The molecule has 4 rings (SSSR count). The number of rotatable bonds is 4. The Morgan fingerprint density at radius 3 is 2.23 bits per heavy atom. The minimum atomic E-state index is -0.725. The minimum Gasteiger partial charge on any atom is -0.478 e. The SMILES string of the molecule is CC(C)N(C(=O)C1CC[C@H]2[C@@H]3CCC4CC(C(=O)O)=CC[C@]4(C)[C@@H]3CC[C@]12C)C(C)C. The van der Waals surface area contributed by atoms with Gasteiger partial charge in [0, 0.05) is 23.6 Å². The molecule has 4 aliphatic rings. The fraction of sp³-hybridized carbons (Fsp3) is 0.852. The van der Waals surface area contributed by atoms with Crippen LogP contribution in [0.1, 0.15) is 92.9 Å². The summed E-state index contributed by atoms with van der Waals surface area (Å²) in [7, 11) is 0. The number of carbonyl (C=O) groups is 2. The van der Waals surface area contributed by atoms with Crippen molar-refractivity contribution in [2.75, 3.05) is 0 Å². The Balaban J connectivity index is 1.57. The largest absolute Gasteiger partial charge is 0.478 e. The molecular weight excluding hydrogens is 386 g/mol. The van der Waals surface area contributed by atoms with Crippen LogP contribution in [0.15, 0.2) is 11.6 Å². The predicted octanol–water partition coefficient (Wildman–Crippen LogP) is 5.91. The summed E-state index contributed by atoms with van der Waals surface area (Å²) < 4.78 is 0. The summed E-state index contributed by atoms with van der Waals surface area (Å²) in [6.45, 7) is 13.5. The zero-order valence-corrected chi connectivity index (χ0v) is 20.5. The van der Waals surface area contributed by atoms with Gasteiger partial charge in [-0.1, -0.05) is 19.9 Å². The molecule has 1 N–H and O–H groups in total. The lowest BCUT2D eigenvalue weighted by atomic mass is 9.45. The van der Waals surface area contributed by atoms with E-state index in [9.17, 15) is 14.7 Å². The van der Waals surface area contributed by atoms with Crippen molar-refractivity contribution in [2.45, 2.75) is 105 Å². The zero-order chi connectivity index (χ0) is 22.7. The first kappa shape index (κ1) is 22.9. The van der Waals surface area contributed by atoms with E-state index in [-0.39, 0.29) is 28.8 Å². The Morgan fingerprint density at radius 2 is 1.61 bits per heavy atom. The number of amides is 1. The van der Waals surface area contributed by atoms with Gasteiger partial charge in [-0.15, -0.1) is 0 Å². The van der Waals surface area contributed by atoms with E-state index >= 15 is 0 Å². The number of hydrogen-bond donors (Lipinski definition) is 1. The number of allylic oxidation sites excluding steroid dienone is 1. The van der Waals surface area contributed by atoms with Gasteiger partial charge >= 0.3 is 5.97 Å². The van der Waals surface area contributed by atoms with Crippen LogP contribution in [-0.2, 0) is 9.59 Å². The van der Waals surface area contributed by atoms with Gasteiger partial charge in [0.2, 0.25) is 5.91 Å². The monoisotopic (exact) mass is 429 g/mol. The Labute approximate surface area is 188 Å². The first-order valence-corrected chi connectivity index (χ1v) is 12.7. The Morgan fingerprint density at radius 1 is 0.968 bits per heavy atom. The van der Waals surface area contributed by atoms with E-state index in [2.05, 4.69) is 46.4 Å². The summed E-state index contributed by atoms with van der Waals surface area (Å²) in [5.74, 6) is 2.35. The molecule has 0 radical (unpaired) electrons. The first-order chi connectivity index (χ1) is 14.5. The highest BCUT2D eigenvalue weighted by atomic mass is 16.4. The Kier molecular flexibility index (Phi) is 5.84. The standard InChI is InChI=1S/C27H43NO3/c1-16(2)28(17(3)4)24(29)23-10-9-21-20-8-7-19-15-18(25(30)31)11-13-26(19,5)22(20)12-14-27(21,23)6/h11,16-17,19-23H,7-10,12-15H2,1-6H3,(H,30,31)/t19?,20-,21-,22+,23?,26-,27-/m0/s1. The highest BCUT2D eigenvalue weighted by Crippen LogP contribution is 2.67. The third-order valence-electron chi connectivity index (χ3n) is 10.3. The molecule has 2 unspecified atom stereocenters. The molecule has 4 aliphatic carbocycles. The number of nitrogens with zero attached hydrogens (tertiary/aromatic N) is 1. The molecule has 31 heavy (non-hydrogen) atoms. The maximum Gasteiger partial charge on any atom is 0.331 e. The second-order valence-corrected chi connectivity index (χ2v) is 12.2. The molecule has 0 aliphatic heterocycles. The van der Waals surface area contributed by atoms with Crippen molar-refractivity contribution in [3.05, 3.63) is 11.6 Å². The van der Waals surface area contributed by atoms with Crippen LogP contribution in [0.2, 0.25) is 0 Å². The molecular formula is C27H43NO3. The van der Waals surface area contributed by atoms with Crippen molar-refractivity contribution >= 4 is 11.9 Å². The average molecular weight is 430 g/mol. The molecule has 0 aromatic carbocycles. The lowest BCUT2D eigenvalue weighted by Crippen LogP contribution is -2.54. The molecule has 7 atom stereocenters. The Hall–Kier alpha value is -1.32. The van der Waals surface area contributed by atoms with Gasteiger partial charge in [0.05, 0.1) is 0 Å². The molecule has 0 heterocycles. The van der Waals surface area contributed by atoms with Gasteiger partial charge in [-0.2, -0.15) is 0 Å². The lowest BCUT2D eigenvalue weighted by molar-refractivity contribution is -0.148. The molecule has 0 bridgehead atoms. The number of fused-ring (bicyclic) bond motifs is 5. The van der Waals surface area contributed by atoms with Gasteiger partial charge in [0.25, 0.3) is 0 Å². The lowest BCUT2D eigenvalue weighted by Gasteiger charge is -2.60. The molecule has 0 aromatic heterocycles. The number of carbonyl (C=O) groups excluding carboxylic acids is 1. The van der Waals surface area contributed by atoms with Crippen molar-refractivity contribution in [1.29, 1.82) is 0 Å². The van der Waals surface area contributed by atoms with Crippen LogP contribution in [0, 0.1) is 40.4 Å². The van der Waals surface area contributed by atoms with Crippen LogP contribution in [0.5, 0.6) is 0 Å². The van der Waals surface area contributed by atoms with E-state index in [0.717, 1.165) is 32.1 Å². The molecule has 0 spiro atoms. The number of carboxylic acids is 1. The third kappa shape index (κ3) is 3.47. The van der Waals surface area contributed by atoms with Crippen LogP contribution >= 0.6 is 0 Å². The number of carboxylic acid groups (broad SMARTS) is 1. The summed E-state index contributed by atoms with van der Waals surface area (Å²) in [5.41, 5.74) is 0.989. The van der Waals surface area contributed by atoms with Crippen molar-refractivity contribution < 1.29 is 14.7 Å². The van der Waals surface area contributed by atoms with Crippen molar-refractivity contribution in [3.8, 4) is 0 Å². The van der Waals surface area contributed by atoms with Crippen molar-refractivity contribution in [1.82, 2.24) is 4.90 Å². The molecule has 3 fully saturated rings. The molecule has 3 saturated carbocycles. The van der Waals surface area contributed by atoms with Gasteiger partial charge in [0.15, 0.2) is 0 Å². The smallest absolute Gasteiger partial charge is 0.331 e. The zero-order valence-electron chi connectivity index (χ0n) is 20.5. The fourth-order valence-electron chi connectivity index (χ4n) is 8.75. The van der Waals surface area contributed by atoms with Gasteiger partial charge < -0.3 is 10.0 Å². The normalized spacial score (nSPS) is 41.9. The number of hydrogen-bond acceptors (Lipinski definition) is 2. The minimum absolute atomic E-state index is 0.125. The predicted molar refractivity (Wildman–Crippen MR) is 123 cm³/mol. The second-order valence-electron chi connectivity index (χ2n) is 12.2. The van der Waals surface area contributed by atoms with Crippen LogP contribution in [0.25, 0.3) is 0 Å². The van der Waals surface area contributed by atoms with E-state index < -0.39 is 5.97 Å². The van der Waals surface area contributed by atoms with Gasteiger partial charge in [-0.05, 0) is 114 Å². The van der Waals surface area contributed by atoms with E-state index in [1.807, 2.05) is 6.08 Å². The molecule has 0 aromatic rings. The molecule has 174 valence electrons. The van der Waals surface area contributed by atoms with Gasteiger partial charge in [-0.3, -0.25) is 4.79 Å². The maximum atomic E-state index is 13.7. The maximum absolute atomic E-state index is 13.7. The van der Waals surface area contributed by atoms with Crippen LogP contribution < -0.4 is 0 Å². The summed E-state index contributed by atoms with van der Waals surface area (Å²) in [6.07, 6.45) is 10.6. The first-order valence-electron chi connectivity index (χ1n) is 12.7. The van der Waals surface area contributed by atoms with E-state index in [1.54, 1.807) is 0 Å². The summed E-state index contributed by atoms with van der Waals surface area (Å²) in [5, 5.41) is 9.50. The summed E-state index contributed by atoms with van der Waals surface area (Å²) in [4.78, 5) is 27.4. The molecule has 0 saturated heterocycles. The third-order valence-corrected chi connectivity index (χ3v) is 10.3. The van der Waals surface area contributed by atoms with Crippen LogP contribution in [0.3, 0.4) is 0 Å². The van der Waals surface area contributed by atoms with Gasteiger partial charge in [-0.25, -0.2) is 4.79 Å². The van der Waals surface area contributed by atoms with Crippen molar-refractivity contribution in [3.63, 3.8) is 0 Å². The Bertz CT molecular complexity index is 762. The van der Waals surface area contributed by atoms with E-state index in [4.69, 9.17) is 0 Å². The van der Waals surface area contributed by atoms with Crippen LogP contribution in [-0.4, -0.2) is 34.0 Å². The number of aliphatic carboxylic acids is 1. The molecule has 4 nitrogen and oxygen atoms in total. The van der Waals surface area contributed by atoms with Crippen LogP contribution in [0.4, 0.5) is 0 Å². The second kappa shape index (κ2) is 7.92. The highest BCUT2D eigenvalue weighted by molar-refractivity contribution is 5.86. The van der Waals surface area contributed by atoms with Gasteiger partial charge in [0.1, 0.15) is 0 Å². The highest BCUT2D eigenvalue weighted by Gasteiger charge is 2.61.